The zero-order chi connectivity index (χ0) is 15.1. The molecule has 1 aliphatic heterocycles. The summed E-state index contributed by atoms with van der Waals surface area (Å²) in [4.78, 5) is 2.35. The van der Waals surface area contributed by atoms with Crippen LogP contribution in [0.15, 0.2) is 18.2 Å². The van der Waals surface area contributed by atoms with Crippen molar-refractivity contribution < 1.29 is 14.6 Å². The Morgan fingerprint density at radius 2 is 1.86 bits per heavy atom. The van der Waals surface area contributed by atoms with Crippen molar-refractivity contribution in [1.29, 1.82) is 0 Å². The van der Waals surface area contributed by atoms with Crippen molar-refractivity contribution in [1.82, 2.24) is 4.90 Å². The van der Waals surface area contributed by atoms with Crippen molar-refractivity contribution in [3.63, 3.8) is 0 Å². The first kappa shape index (κ1) is 19.2. The maximum atomic E-state index is 9.44. The molecule has 0 radical (unpaired) electrons. The molecule has 0 aliphatic carbocycles. The van der Waals surface area contributed by atoms with E-state index in [1.54, 1.807) is 0 Å². The Morgan fingerprint density at radius 1 is 1.14 bits per heavy atom. The number of aliphatic hydroxyl groups excluding tert-OH is 1. The van der Waals surface area contributed by atoms with Gasteiger partial charge in [0.25, 0.3) is 0 Å². The van der Waals surface area contributed by atoms with E-state index in [0.29, 0.717) is 13.2 Å². The van der Waals surface area contributed by atoms with Crippen molar-refractivity contribution in [3.8, 4) is 5.75 Å². The minimum atomic E-state index is -0.104. The Morgan fingerprint density at radius 3 is 2.59 bits per heavy atom. The van der Waals surface area contributed by atoms with Gasteiger partial charge in [0, 0.05) is 19.6 Å². The third-order valence-corrected chi connectivity index (χ3v) is 4.15. The number of halogens is 1. The topological polar surface area (TPSA) is 41.9 Å². The molecule has 5 heteroatoms. The van der Waals surface area contributed by atoms with Crippen LogP contribution < -0.4 is 4.74 Å². The van der Waals surface area contributed by atoms with Crippen LogP contribution in [0.25, 0.3) is 0 Å². The second-order valence-electron chi connectivity index (χ2n) is 5.73. The number of piperidine rings is 1. The smallest absolute Gasteiger partial charge is 0.122 e. The summed E-state index contributed by atoms with van der Waals surface area (Å²) in [6, 6.07) is 6.11. The molecular formula is C17H28ClNO3. The van der Waals surface area contributed by atoms with Crippen molar-refractivity contribution in [3.05, 3.63) is 29.3 Å². The number of rotatable bonds is 7. The molecule has 0 amide bonds. The van der Waals surface area contributed by atoms with Crippen molar-refractivity contribution in [2.24, 2.45) is 0 Å². The normalized spacial score (nSPS) is 16.3. The molecular weight excluding hydrogens is 302 g/mol. The fourth-order valence-electron chi connectivity index (χ4n) is 2.53. The molecule has 4 nitrogen and oxygen atoms in total. The molecule has 1 aliphatic rings. The first-order valence-electron chi connectivity index (χ1n) is 7.84. The molecule has 1 N–H and O–H groups in total. The zero-order valence-corrected chi connectivity index (χ0v) is 14.4. The molecule has 1 heterocycles. The monoisotopic (exact) mass is 329 g/mol. The van der Waals surface area contributed by atoms with Gasteiger partial charge in [0.1, 0.15) is 12.4 Å². The highest BCUT2D eigenvalue weighted by Gasteiger charge is 2.16. The van der Waals surface area contributed by atoms with E-state index in [0.717, 1.165) is 44.8 Å². The predicted molar refractivity (Wildman–Crippen MR) is 91.2 cm³/mol. The van der Waals surface area contributed by atoms with Gasteiger partial charge in [-0.05, 0) is 43.9 Å². The highest BCUT2D eigenvalue weighted by molar-refractivity contribution is 5.85. The van der Waals surface area contributed by atoms with E-state index in [-0.39, 0.29) is 18.5 Å². The van der Waals surface area contributed by atoms with Gasteiger partial charge in [-0.1, -0.05) is 12.1 Å². The van der Waals surface area contributed by atoms with E-state index >= 15 is 0 Å². The Labute approximate surface area is 139 Å². The van der Waals surface area contributed by atoms with Gasteiger partial charge in [-0.3, -0.25) is 0 Å². The molecule has 1 fully saturated rings. The number of benzene rings is 1. The van der Waals surface area contributed by atoms with Crippen LogP contribution in [0.1, 0.15) is 24.0 Å². The first-order valence-corrected chi connectivity index (χ1v) is 7.84. The summed E-state index contributed by atoms with van der Waals surface area (Å²) < 4.78 is 11.4. The SMILES string of the molecule is Cc1cccc(OCCOCCN2CCC(O)CC2)c1C.Cl. The molecule has 2 rings (SSSR count). The number of ether oxygens (including phenoxy) is 2. The lowest BCUT2D eigenvalue weighted by atomic mass is 10.1. The quantitative estimate of drug-likeness (QED) is 0.781. The number of hydrogen-bond donors (Lipinski definition) is 1. The van der Waals surface area contributed by atoms with Gasteiger partial charge in [0.15, 0.2) is 0 Å². The predicted octanol–water partition coefficient (Wildman–Crippen LogP) is 2.58. The highest BCUT2D eigenvalue weighted by Crippen LogP contribution is 2.20. The fraction of sp³-hybridized carbons (Fsp3) is 0.647. The molecule has 1 aromatic rings. The summed E-state index contributed by atoms with van der Waals surface area (Å²) in [6.45, 7) is 8.99. The molecule has 126 valence electrons. The van der Waals surface area contributed by atoms with Crippen LogP contribution in [-0.2, 0) is 4.74 Å². The first-order chi connectivity index (χ1) is 10.2. The van der Waals surface area contributed by atoms with Crippen LogP contribution in [-0.4, -0.2) is 55.6 Å². The summed E-state index contributed by atoms with van der Waals surface area (Å²) in [5.41, 5.74) is 2.45. The van der Waals surface area contributed by atoms with E-state index < -0.39 is 0 Å². The van der Waals surface area contributed by atoms with Crippen molar-refractivity contribution >= 4 is 12.4 Å². The van der Waals surface area contributed by atoms with Gasteiger partial charge in [-0.2, -0.15) is 0 Å². The molecule has 0 saturated carbocycles. The average molecular weight is 330 g/mol. The van der Waals surface area contributed by atoms with Crippen molar-refractivity contribution in [2.45, 2.75) is 32.8 Å². The van der Waals surface area contributed by atoms with E-state index in [4.69, 9.17) is 9.47 Å². The van der Waals surface area contributed by atoms with Gasteiger partial charge >= 0.3 is 0 Å². The highest BCUT2D eigenvalue weighted by atomic mass is 35.5. The number of hydrogen-bond acceptors (Lipinski definition) is 4. The van der Waals surface area contributed by atoms with Gasteiger partial charge < -0.3 is 19.5 Å². The molecule has 1 saturated heterocycles. The maximum Gasteiger partial charge on any atom is 0.122 e. The molecule has 1 aromatic carbocycles. The number of likely N-dealkylation sites (tertiary alicyclic amines) is 1. The second kappa shape index (κ2) is 10.1. The zero-order valence-electron chi connectivity index (χ0n) is 13.6. The second-order valence-corrected chi connectivity index (χ2v) is 5.73. The number of aliphatic hydroxyl groups is 1. The Hall–Kier alpha value is -0.810. The summed E-state index contributed by atoms with van der Waals surface area (Å²) in [5, 5.41) is 9.44. The van der Waals surface area contributed by atoms with E-state index in [9.17, 15) is 5.11 Å². The number of nitrogens with zero attached hydrogens (tertiary/aromatic N) is 1. The minimum absolute atomic E-state index is 0. The van der Waals surface area contributed by atoms with Crippen LogP contribution in [0.4, 0.5) is 0 Å². The van der Waals surface area contributed by atoms with Gasteiger partial charge in [0.2, 0.25) is 0 Å². The third-order valence-electron chi connectivity index (χ3n) is 4.15. The van der Waals surface area contributed by atoms with Gasteiger partial charge in [0.05, 0.1) is 19.3 Å². The Bertz CT molecular complexity index is 434. The lowest BCUT2D eigenvalue weighted by molar-refractivity contribution is 0.0480. The lowest BCUT2D eigenvalue weighted by Gasteiger charge is -2.29. The molecule has 0 unspecified atom stereocenters. The van der Waals surface area contributed by atoms with Crippen LogP contribution in [0.2, 0.25) is 0 Å². The Balaban J connectivity index is 0.00000242. The summed E-state index contributed by atoms with van der Waals surface area (Å²) in [7, 11) is 0. The molecule has 0 spiro atoms. The largest absolute Gasteiger partial charge is 0.491 e. The van der Waals surface area contributed by atoms with E-state index in [2.05, 4.69) is 24.8 Å². The fourth-order valence-corrected chi connectivity index (χ4v) is 2.53. The molecule has 0 atom stereocenters. The molecule has 0 aromatic heterocycles. The third kappa shape index (κ3) is 6.13. The average Bonchev–Trinajstić information content (AvgIpc) is 2.49. The van der Waals surface area contributed by atoms with Crippen LogP contribution in [0, 0.1) is 13.8 Å². The number of aryl methyl sites for hydroxylation is 1. The minimum Gasteiger partial charge on any atom is -0.491 e. The summed E-state index contributed by atoms with van der Waals surface area (Å²) in [6.07, 6.45) is 1.67. The summed E-state index contributed by atoms with van der Waals surface area (Å²) in [5.74, 6) is 0.948. The van der Waals surface area contributed by atoms with Crippen molar-refractivity contribution in [2.75, 3.05) is 39.5 Å². The van der Waals surface area contributed by atoms with Crippen LogP contribution in [0.5, 0.6) is 5.75 Å². The van der Waals surface area contributed by atoms with E-state index in [1.165, 1.54) is 11.1 Å². The molecule has 0 bridgehead atoms. The van der Waals surface area contributed by atoms with Gasteiger partial charge in [-0.15, -0.1) is 12.4 Å². The lowest BCUT2D eigenvalue weighted by Crippen LogP contribution is -2.37. The van der Waals surface area contributed by atoms with Gasteiger partial charge in [-0.25, -0.2) is 0 Å². The standard InChI is InChI=1S/C17H27NO3.ClH/c1-14-4-3-5-17(15(14)2)21-13-12-20-11-10-18-8-6-16(19)7-9-18;/h3-5,16,19H,6-13H2,1-2H3;1H. The van der Waals surface area contributed by atoms with E-state index in [1.807, 2.05) is 12.1 Å². The maximum absolute atomic E-state index is 9.44. The Kier molecular flexibility index (Phi) is 8.79. The van der Waals surface area contributed by atoms with Crippen LogP contribution in [0.3, 0.4) is 0 Å². The molecule has 22 heavy (non-hydrogen) atoms. The summed E-state index contributed by atoms with van der Waals surface area (Å²) >= 11 is 0. The van der Waals surface area contributed by atoms with Crippen LogP contribution >= 0.6 is 12.4 Å².